The van der Waals surface area contributed by atoms with E-state index < -0.39 is 10.6 Å². The van der Waals surface area contributed by atoms with Crippen molar-refractivity contribution in [2.24, 2.45) is 0 Å². The molecule has 2 aromatic rings. The lowest BCUT2D eigenvalue weighted by Crippen LogP contribution is -1.93. The van der Waals surface area contributed by atoms with E-state index in [1.54, 1.807) is 0 Å². The van der Waals surface area contributed by atoms with Crippen molar-refractivity contribution in [3.05, 3.63) is 44.9 Å². The molecule has 0 saturated heterocycles. The van der Waals surface area contributed by atoms with Crippen molar-refractivity contribution in [1.82, 2.24) is 0 Å². The van der Waals surface area contributed by atoms with Gasteiger partial charge in [-0.05, 0) is 28.1 Å². The molecule has 0 spiro atoms. The van der Waals surface area contributed by atoms with Gasteiger partial charge >= 0.3 is 5.69 Å². The van der Waals surface area contributed by atoms with Gasteiger partial charge in [-0.2, -0.15) is 0 Å². The first kappa shape index (κ1) is 13.9. The molecule has 0 saturated carbocycles. The van der Waals surface area contributed by atoms with Gasteiger partial charge in [-0.3, -0.25) is 10.1 Å². The second-order valence-corrected chi connectivity index (χ2v) is 4.58. The average Bonchev–Trinajstić information content (AvgIpc) is 2.37. The molecule has 0 atom stereocenters. The van der Waals surface area contributed by atoms with Crippen LogP contribution in [-0.4, -0.2) is 20.2 Å². The summed E-state index contributed by atoms with van der Waals surface area (Å²) in [5.41, 5.74) is -0.438. The van der Waals surface area contributed by atoms with E-state index in [-0.39, 0.29) is 33.2 Å². The molecule has 2 rings (SSSR count). The predicted octanol–water partition coefficient (Wildman–Crippen LogP) is 3.27. The van der Waals surface area contributed by atoms with Gasteiger partial charge in [0.15, 0.2) is 0 Å². The molecular weight excluding hydrogens is 334 g/mol. The van der Waals surface area contributed by atoms with Crippen LogP contribution in [0.4, 0.5) is 5.69 Å². The van der Waals surface area contributed by atoms with Crippen LogP contribution in [0.25, 0.3) is 0 Å². The largest absolute Gasteiger partial charge is 0.508 e. The monoisotopic (exact) mass is 341 g/mol. The first-order valence-corrected chi connectivity index (χ1v) is 6.04. The number of aromatic hydroxyl groups is 3. The molecule has 7 nitrogen and oxygen atoms in total. The molecule has 0 heterocycles. The Morgan fingerprint density at radius 2 is 1.70 bits per heavy atom. The van der Waals surface area contributed by atoms with Crippen molar-refractivity contribution >= 4 is 21.6 Å². The lowest BCUT2D eigenvalue weighted by molar-refractivity contribution is -0.385. The Morgan fingerprint density at radius 1 is 1.10 bits per heavy atom. The summed E-state index contributed by atoms with van der Waals surface area (Å²) in [6, 6.07) is 5.74. The van der Waals surface area contributed by atoms with Crippen LogP contribution in [0, 0.1) is 10.1 Å². The summed E-state index contributed by atoms with van der Waals surface area (Å²) in [5.74, 6) is -0.945. The molecular formula is C12H8BrNO6. The van der Waals surface area contributed by atoms with Crippen molar-refractivity contribution in [2.75, 3.05) is 0 Å². The van der Waals surface area contributed by atoms with E-state index in [1.807, 2.05) is 0 Å². The number of phenols is 3. The van der Waals surface area contributed by atoms with Crippen LogP contribution in [0.5, 0.6) is 28.7 Å². The Hall–Kier alpha value is -2.48. The zero-order chi connectivity index (χ0) is 14.9. The lowest BCUT2D eigenvalue weighted by Gasteiger charge is -2.08. The van der Waals surface area contributed by atoms with E-state index >= 15 is 0 Å². The fourth-order valence-electron chi connectivity index (χ4n) is 1.49. The van der Waals surface area contributed by atoms with Gasteiger partial charge in [-0.25, -0.2) is 0 Å². The van der Waals surface area contributed by atoms with Gasteiger partial charge in [-0.15, -0.1) is 0 Å². The summed E-state index contributed by atoms with van der Waals surface area (Å²) in [6.45, 7) is 0. The van der Waals surface area contributed by atoms with E-state index in [1.165, 1.54) is 24.3 Å². The summed E-state index contributed by atoms with van der Waals surface area (Å²) in [6.07, 6.45) is 0. The van der Waals surface area contributed by atoms with Gasteiger partial charge < -0.3 is 20.1 Å². The topological polar surface area (TPSA) is 113 Å². The maximum atomic E-state index is 10.9. The zero-order valence-electron chi connectivity index (χ0n) is 9.78. The minimum Gasteiger partial charge on any atom is -0.508 e. The van der Waals surface area contributed by atoms with Crippen molar-refractivity contribution in [3.63, 3.8) is 0 Å². The number of nitro groups is 1. The number of hydrogen-bond acceptors (Lipinski definition) is 6. The van der Waals surface area contributed by atoms with Crippen molar-refractivity contribution < 1.29 is 25.0 Å². The van der Waals surface area contributed by atoms with Gasteiger partial charge in [-0.1, -0.05) is 0 Å². The summed E-state index contributed by atoms with van der Waals surface area (Å²) in [4.78, 5) is 10.1. The Morgan fingerprint density at radius 3 is 2.25 bits per heavy atom. The third kappa shape index (κ3) is 2.75. The molecule has 0 radical (unpaired) electrons. The second kappa shape index (κ2) is 5.25. The van der Waals surface area contributed by atoms with E-state index in [4.69, 9.17) is 4.74 Å². The van der Waals surface area contributed by atoms with Gasteiger partial charge in [0.05, 0.1) is 11.0 Å². The van der Waals surface area contributed by atoms with Crippen LogP contribution in [0.15, 0.2) is 34.8 Å². The van der Waals surface area contributed by atoms with Crippen molar-refractivity contribution in [1.29, 1.82) is 0 Å². The van der Waals surface area contributed by atoms with Gasteiger partial charge in [0.1, 0.15) is 27.5 Å². The molecule has 0 amide bonds. The molecule has 0 fully saturated rings. The number of hydrogen-bond donors (Lipinski definition) is 3. The Balaban J connectivity index is 2.42. The maximum absolute atomic E-state index is 10.9. The predicted molar refractivity (Wildman–Crippen MR) is 72.3 cm³/mol. The molecule has 20 heavy (non-hydrogen) atoms. The third-order valence-corrected chi connectivity index (χ3v) is 3.19. The van der Waals surface area contributed by atoms with Crippen LogP contribution in [0.3, 0.4) is 0 Å². The highest BCUT2D eigenvalue weighted by atomic mass is 79.9. The maximum Gasteiger partial charge on any atom is 0.315 e. The molecule has 104 valence electrons. The number of phenolic OH excluding ortho intramolecular Hbond substituents is 3. The van der Waals surface area contributed by atoms with Gasteiger partial charge in [0.2, 0.25) is 5.75 Å². The zero-order valence-corrected chi connectivity index (χ0v) is 11.4. The van der Waals surface area contributed by atoms with E-state index in [0.717, 1.165) is 6.07 Å². The molecule has 0 aliphatic rings. The number of nitrogens with zero attached hydrogens (tertiary/aromatic N) is 1. The SMILES string of the molecule is O=[N+]([O-])c1cc(O)ccc1Oc1cc(O)c(Br)c(O)c1. The van der Waals surface area contributed by atoms with Gasteiger partial charge in [0, 0.05) is 12.1 Å². The molecule has 0 aliphatic carbocycles. The Labute approximate surface area is 121 Å². The minimum atomic E-state index is -0.715. The van der Waals surface area contributed by atoms with E-state index in [2.05, 4.69) is 15.9 Å². The number of benzene rings is 2. The summed E-state index contributed by atoms with van der Waals surface area (Å²) in [5, 5.41) is 39.1. The van der Waals surface area contributed by atoms with E-state index in [9.17, 15) is 25.4 Å². The fraction of sp³-hybridized carbons (Fsp3) is 0. The Bertz CT molecular complexity index is 665. The molecule has 0 aromatic heterocycles. The molecule has 3 N–H and O–H groups in total. The summed E-state index contributed by atoms with van der Waals surface area (Å²) >= 11 is 2.95. The highest BCUT2D eigenvalue weighted by Gasteiger charge is 2.18. The summed E-state index contributed by atoms with van der Waals surface area (Å²) in [7, 11) is 0. The van der Waals surface area contributed by atoms with Crippen molar-refractivity contribution in [3.8, 4) is 28.7 Å². The fourth-order valence-corrected chi connectivity index (χ4v) is 1.72. The van der Waals surface area contributed by atoms with Crippen molar-refractivity contribution in [2.45, 2.75) is 0 Å². The second-order valence-electron chi connectivity index (χ2n) is 3.79. The third-order valence-electron chi connectivity index (χ3n) is 2.37. The molecule has 0 unspecified atom stereocenters. The molecule has 0 aliphatic heterocycles. The number of nitro benzene ring substituents is 1. The first-order chi connectivity index (χ1) is 9.38. The van der Waals surface area contributed by atoms with Crippen LogP contribution in [0.1, 0.15) is 0 Å². The first-order valence-electron chi connectivity index (χ1n) is 5.25. The van der Waals surface area contributed by atoms with Crippen LogP contribution in [0.2, 0.25) is 0 Å². The number of rotatable bonds is 3. The van der Waals surface area contributed by atoms with Crippen LogP contribution in [-0.2, 0) is 0 Å². The molecule has 8 heteroatoms. The number of halogens is 1. The normalized spacial score (nSPS) is 10.2. The average molecular weight is 342 g/mol. The smallest absolute Gasteiger partial charge is 0.315 e. The highest BCUT2D eigenvalue weighted by molar-refractivity contribution is 9.10. The van der Waals surface area contributed by atoms with Gasteiger partial charge in [0.25, 0.3) is 0 Å². The quantitative estimate of drug-likeness (QED) is 0.583. The van der Waals surface area contributed by atoms with E-state index in [0.29, 0.717) is 0 Å². The number of ether oxygens (including phenoxy) is 1. The summed E-state index contributed by atoms with van der Waals surface area (Å²) < 4.78 is 5.34. The van der Waals surface area contributed by atoms with Crippen LogP contribution < -0.4 is 4.74 Å². The standard InChI is InChI=1S/C12H8BrNO6/c13-12-9(16)4-7(5-10(12)17)20-11-2-1-6(15)3-8(11)14(18)19/h1-5,15-17H. The highest BCUT2D eigenvalue weighted by Crippen LogP contribution is 2.40. The lowest BCUT2D eigenvalue weighted by atomic mass is 10.2. The minimum absolute atomic E-state index is 0.0111. The molecule has 2 aromatic carbocycles. The van der Waals surface area contributed by atoms with Crippen LogP contribution >= 0.6 is 15.9 Å². The molecule has 0 bridgehead atoms. The Kier molecular flexibility index (Phi) is 3.66.